The van der Waals surface area contributed by atoms with Gasteiger partial charge in [0.05, 0.1) is 10.6 Å². The largest absolute Gasteiger partial charge is 0.504 e. The van der Waals surface area contributed by atoms with E-state index in [4.69, 9.17) is 11.6 Å². The molecule has 72 valence electrons. The third-order valence-electron chi connectivity index (χ3n) is 1.76. The summed E-state index contributed by atoms with van der Waals surface area (Å²) in [7, 11) is 0. The summed E-state index contributed by atoms with van der Waals surface area (Å²) in [6.07, 6.45) is 0. The van der Waals surface area contributed by atoms with Gasteiger partial charge in [-0.15, -0.1) is 0 Å². The molecule has 0 aliphatic heterocycles. The number of phenols is 2. The van der Waals surface area contributed by atoms with Gasteiger partial charge in [-0.05, 0) is 19.9 Å². The van der Waals surface area contributed by atoms with Crippen LogP contribution in [0.4, 0.5) is 0 Å². The van der Waals surface area contributed by atoms with Gasteiger partial charge in [-0.3, -0.25) is 0 Å². The number of halogens is 1. The van der Waals surface area contributed by atoms with E-state index < -0.39 is 11.4 Å². The number of aliphatic hydroxyl groups is 1. The molecule has 4 heteroatoms. The summed E-state index contributed by atoms with van der Waals surface area (Å²) in [5, 5.41) is 28.3. The van der Waals surface area contributed by atoms with Crippen LogP contribution in [0.2, 0.25) is 5.02 Å². The number of benzene rings is 1. The maximum atomic E-state index is 9.57. The lowest BCUT2D eigenvalue weighted by molar-refractivity contribution is 0.0753. The van der Waals surface area contributed by atoms with E-state index in [0.29, 0.717) is 0 Å². The molecule has 0 atom stereocenters. The fourth-order valence-corrected chi connectivity index (χ4v) is 1.20. The van der Waals surface area contributed by atoms with E-state index in [9.17, 15) is 15.3 Å². The highest BCUT2D eigenvalue weighted by molar-refractivity contribution is 6.32. The van der Waals surface area contributed by atoms with Crippen molar-refractivity contribution in [1.29, 1.82) is 0 Å². The van der Waals surface area contributed by atoms with E-state index in [1.54, 1.807) is 0 Å². The fraction of sp³-hybridized carbons (Fsp3) is 0.333. The maximum absolute atomic E-state index is 9.57. The van der Waals surface area contributed by atoms with E-state index in [1.165, 1.54) is 26.0 Å². The molecule has 3 N–H and O–H groups in total. The Hall–Kier alpha value is -0.930. The van der Waals surface area contributed by atoms with Crippen molar-refractivity contribution < 1.29 is 15.3 Å². The van der Waals surface area contributed by atoms with Crippen LogP contribution in [0.1, 0.15) is 19.4 Å². The highest BCUT2D eigenvalue weighted by Crippen LogP contribution is 2.40. The van der Waals surface area contributed by atoms with Crippen molar-refractivity contribution in [1.82, 2.24) is 0 Å². The summed E-state index contributed by atoms with van der Waals surface area (Å²) in [6.45, 7) is 3.02. The van der Waals surface area contributed by atoms with Crippen LogP contribution in [-0.2, 0) is 5.60 Å². The van der Waals surface area contributed by atoms with E-state index in [-0.39, 0.29) is 16.3 Å². The Morgan fingerprint density at radius 2 is 1.69 bits per heavy atom. The van der Waals surface area contributed by atoms with Gasteiger partial charge in [0.1, 0.15) is 0 Å². The third-order valence-corrected chi connectivity index (χ3v) is 2.07. The van der Waals surface area contributed by atoms with E-state index in [2.05, 4.69) is 0 Å². The Morgan fingerprint density at radius 3 is 2.15 bits per heavy atom. The van der Waals surface area contributed by atoms with E-state index in [1.807, 2.05) is 0 Å². The molecule has 0 saturated heterocycles. The van der Waals surface area contributed by atoms with Gasteiger partial charge in [0.2, 0.25) is 0 Å². The minimum absolute atomic E-state index is 0.0606. The Balaban J connectivity index is 3.35. The van der Waals surface area contributed by atoms with Crippen LogP contribution in [0.5, 0.6) is 11.5 Å². The molecule has 0 bridgehead atoms. The van der Waals surface area contributed by atoms with Crippen LogP contribution in [0.25, 0.3) is 0 Å². The van der Waals surface area contributed by atoms with Gasteiger partial charge in [-0.2, -0.15) is 0 Å². The van der Waals surface area contributed by atoms with Crippen LogP contribution >= 0.6 is 11.6 Å². The maximum Gasteiger partial charge on any atom is 0.176 e. The number of hydrogen-bond donors (Lipinski definition) is 3. The molecule has 3 nitrogen and oxygen atoms in total. The first-order valence-electron chi connectivity index (χ1n) is 3.77. The molecule has 0 aliphatic carbocycles. The van der Waals surface area contributed by atoms with Gasteiger partial charge in [-0.25, -0.2) is 0 Å². The molecule has 0 heterocycles. The monoisotopic (exact) mass is 202 g/mol. The zero-order valence-corrected chi connectivity index (χ0v) is 8.13. The molecule has 0 spiro atoms. The van der Waals surface area contributed by atoms with Gasteiger partial charge in [-0.1, -0.05) is 17.7 Å². The molecule has 1 aromatic carbocycles. The first-order valence-corrected chi connectivity index (χ1v) is 4.15. The standard InChI is InChI=1S/C9H11ClO3/c1-9(2,13)5-3-4-6(10)8(12)7(5)11/h3-4,11-13H,1-2H3. The summed E-state index contributed by atoms with van der Waals surface area (Å²) >= 11 is 5.54. The minimum atomic E-state index is -1.20. The second kappa shape index (κ2) is 3.09. The fourth-order valence-electron chi connectivity index (χ4n) is 1.05. The number of rotatable bonds is 1. The molecule has 1 rings (SSSR count). The minimum Gasteiger partial charge on any atom is -0.504 e. The highest BCUT2D eigenvalue weighted by Gasteiger charge is 2.23. The first kappa shape index (κ1) is 10.2. The molecule has 0 radical (unpaired) electrons. The number of aromatic hydroxyl groups is 2. The van der Waals surface area contributed by atoms with Crippen molar-refractivity contribution in [2.45, 2.75) is 19.4 Å². The molecular formula is C9H11ClO3. The lowest BCUT2D eigenvalue weighted by Crippen LogP contribution is -2.15. The quantitative estimate of drug-likeness (QED) is 0.611. The van der Waals surface area contributed by atoms with Crippen LogP contribution in [-0.4, -0.2) is 15.3 Å². The first-order chi connectivity index (χ1) is 5.84. The van der Waals surface area contributed by atoms with Crippen molar-refractivity contribution >= 4 is 11.6 Å². The summed E-state index contributed by atoms with van der Waals surface area (Å²) in [4.78, 5) is 0. The summed E-state index contributed by atoms with van der Waals surface area (Å²) < 4.78 is 0. The van der Waals surface area contributed by atoms with Crippen LogP contribution in [0, 0.1) is 0 Å². The number of phenolic OH excluding ortho intramolecular Hbond substituents is 2. The van der Waals surface area contributed by atoms with E-state index >= 15 is 0 Å². The molecule has 0 fully saturated rings. The molecular weight excluding hydrogens is 192 g/mol. The third kappa shape index (κ3) is 1.87. The van der Waals surface area contributed by atoms with Crippen LogP contribution < -0.4 is 0 Å². The Morgan fingerprint density at radius 1 is 1.15 bits per heavy atom. The van der Waals surface area contributed by atoms with Gasteiger partial charge in [0, 0.05) is 5.56 Å². The van der Waals surface area contributed by atoms with Gasteiger partial charge >= 0.3 is 0 Å². The highest BCUT2D eigenvalue weighted by atomic mass is 35.5. The van der Waals surface area contributed by atoms with Gasteiger partial charge in [0.25, 0.3) is 0 Å². The van der Waals surface area contributed by atoms with Crippen molar-refractivity contribution in [2.75, 3.05) is 0 Å². The van der Waals surface area contributed by atoms with Crippen molar-refractivity contribution in [3.05, 3.63) is 22.7 Å². The normalized spacial score (nSPS) is 11.7. The Kier molecular flexibility index (Phi) is 2.41. The Bertz CT molecular complexity index is 328. The molecule has 0 aromatic heterocycles. The SMILES string of the molecule is CC(C)(O)c1ccc(Cl)c(O)c1O. The zero-order valence-electron chi connectivity index (χ0n) is 7.37. The molecule has 0 amide bonds. The van der Waals surface area contributed by atoms with Gasteiger partial charge in [0.15, 0.2) is 11.5 Å². The van der Waals surface area contributed by atoms with Gasteiger partial charge < -0.3 is 15.3 Å². The summed E-state index contributed by atoms with van der Waals surface area (Å²) in [6, 6.07) is 2.89. The number of hydrogen-bond acceptors (Lipinski definition) is 3. The predicted octanol–water partition coefficient (Wildman–Crippen LogP) is 1.98. The van der Waals surface area contributed by atoms with Crippen molar-refractivity contribution in [3.63, 3.8) is 0 Å². The Labute approximate surface area is 81.2 Å². The second-order valence-corrected chi connectivity index (χ2v) is 3.76. The summed E-state index contributed by atoms with van der Waals surface area (Å²) in [5.74, 6) is -0.777. The molecule has 1 aromatic rings. The van der Waals surface area contributed by atoms with Crippen molar-refractivity contribution in [3.8, 4) is 11.5 Å². The molecule has 0 aliphatic rings. The van der Waals surface area contributed by atoms with Crippen molar-refractivity contribution in [2.24, 2.45) is 0 Å². The topological polar surface area (TPSA) is 60.7 Å². The average Bonchev–Trinajstić information content (AvgIpc) is 1.98. The second-order valence-electron chi connectivity index (χ2n) is 3.35. The smallest absolute Gasteiger partial charge is 0.176 e. The average molecular weight is 203 g/mol. The molecule has 0 saturated carbocycles. The lowest BCUT2D eigenvalue weighted by Gasteiger charge is -2.19. The summed E-state index contributed by atoms with van der Waals surface area (Å²) in [5.41, 5.74) is -0.957. The zero-order chi connectivity index (χ0) is 10.2. The van der Waals surface area contributed by atoms with Crippen LogP contribution in [0.15, 0.2) is 12.1 Å². The molecule has 13 heavy (non-hydrogen) atoms. The van der Waals surface area contributed by atoms with Crippen LogP contribution in [0.3, 0.4) is 0 Å². The predicted molar refractivity (Wildman–Crippen MR) is 50.0 cm³/mol. The van der Waals surface area contributed by atoms with E-state index in [0.717, 1.165) is 0 Å². The molecule has 0 unspecified atom stereocenters. The lowest BCUT2D eigenvalue weighted by atomic mass is 9.97.